The molecule has 0 aromatic rings. The van der Waals surface area contributed by atoms with Crippen molar-refractivity contribution in [2.24, 2.45) is 0 Å². The highest BCUT2D eigenvalue weighted by atomic mass is 16.7. The van der Waals surface area contributed by atoms with Gasteiger partial charge in [-0.3, -0.25) is 9.69 Å². The third-order valence-electron chi connectivity index (χ3n) is 3.01. The first-order valence-corrected chi connectivity index (χ1v) is 6.86. The van der Waals surface area contributed by atoms with E-state index in [0.717, 1.165) is 19.4 Å². The molecule has 0 spiro atoms. The minimum absolute atomic E-state index is 0.123. The molecule has 5 nitrogen and oxygen atoms in total. The summed E-state index contributed by atoms with van der Waals surface area (Å²) >= 11 is 0. The highest BCUT2D eigenvalue weighted by molar-refractivity contribution is 5.76. The lowest BCUT2D eigenvalue weighted by atomic mass is 10.2. The predicted molar refractivity (Wildman–Crippen MR) is 68.3 cm³/mol. The van der Waals surface area contributed by atoms with Crippen LogP contribution in [0.25, 0.3) is 0 Å². The summed E-state index contributed by atoms with van der Waals surface area (Å²) in [5, 5.41) is 0. The third kappa shape index (κ3) is 4.55. The Labute approximate surface area is 109 Å². The molecule has 0 aromatic heterocycles. The molecule has 0 radical (unpaired) electrons. The van der Waals surface area contributed by atoms with Crippen molar-refractivity contribution in [3.05, 3.63) is 0 Å². The Morgan fingerprint density at radius 1 is 1.22 bits per heavy atom. The van der Waals surface area contributed by atoms with Crippen molar-refractivity contribution in [3.63, 3.8) is 0 Å². The van der Waals surface area contributed by atoms with Crippen LogP contribution in [0, 0.1) is 0 Å². The first-order valence-electron chi connectivity index (χ1n) is 6.86. The van der Waals surface area contributed by atoms with Crippen molar-refractivity contribution in [1.82, 2.24) is 4.90 Å². The molecule has 0 aliphatic carbocycles. The molecular formula is C13H25NO4. The first-order chi connectivity index (χ1) is 8.72. The zero-order valence-corrected chi connectivity index (χ0v) is 11.7. The quantitative estimate of drug-likeness (QED) is 0.487. The SMILES string of the molecule is CCOC(=O)C1CCCN1CC(OCC)OCC. The zero-order chi connectivity index (χ0) is 13.4. The zero-order valence-electron chi connectivity index (χ0n) is 11.7. The van der Waals surface area contributed by atoms with Gasteiger partial charge < -0.3 is 14.2 Å². The number of hydrogen-bond acceptors (Lipinski definition) is 5. The summed E-state index contributed by atoms with van der Waals surface area (Å²) in [4.78, 5) is 13.9. The van der Waals surface area contributed by atoms with Gasteiger partial charge in [0.2, 0.25) is 0 Å². The fraction of sp³-hybridized carbons (Fsp3) is 0.923. The standard InChI is InChI=1S/C13H25NO4/c1-4-16-12(17-5-2)10-14-9-7-8-11(14)13(15)18-6-3/h11-12H,4-10H2,1-3H3. The minimum atomic E-state index is -0.255. The molecule has 1 saturated heterocycles. The highest BCUT2D eigenvalue weighted by Gasteiger charge is 2.33. The van der Waals surface area contributed by atoms with E-state index < -0.39 is 0 Å². The fourth-order valence-electron chi connectivity index (χ4n) is 2.27. The molecule has 1 unspecified atom stereocenters. The summed E-state index contributed by atoms with van der Waals surface area (Å²) in [6.07, 6.45) is 1.63. The van der Waals surface area contributed by atoms with Crippen molar-refractivity contribution in [1.29, 1.82) is 0 Å². The lowest BCUT2D eigenvalue weighted by molar-refractivity contribution is -0.159. The summed E-state index contributed by atoms with van der Waals surface area (Å²) in [6, 6.07) is -0.131. The van der Waals surface area contributed by atoms with Crippen LogP contribution in [0.5, 0.6) is 0 Å². The smallest absolute Gasteiger partial charge is 0.323 e. The van der Waals surface area contributed by atoms with Crippen molar-refractivity contribution in [2.45, 2.75) is 45.9 Å². The molecular weight excluding hydrogens is 234 g/mol. The molecule has 0 saturated carbocycles. The maximum Gasteiger partial charge on any atom is 0.323 e. The van der Waals surface area contributed by atoms with Gasteiger partial charge in [0, 0.05) is 13.2 Å². The van der Waals surface area contributed by atoms with Crippen LogP contribution in [0.1, 0.15) is 33.6 Å². The second kappa shape index (κ2) is 8.45. The molecule has 0 amide bonds. The van der Waals surface area contributed by atoms with E-state index in [1.165, 1.54) is 0 Å². The van der Waals surface area contributed by atoms with E-state index in [1.807, 2.05) is 20.8 Å². The number of esters is 1. The molecule has 1 aliphatic rings. The predicted octanol–water partition coefficient (Wildman–Crippen LogP) is 1.41. The summed E-state index contributed by atoms with van der Waals surface area (Å²) in [5.74, 6) is -0.123. The van der Waals surface area contributed by atoms with Crippen LogP contribution in [-0.2, 0) is 19.0 Å². The van der Waals surface area contributed by atoms with Crippen LogP contribution in [0.2, 0.25) is 0 Å². The van der Waals surface area contributed by atoms with Gasteiger partial charge in [0.1, 0.15) is 6.04 Å². The molecule has 0 aromatic carbocycles. The maximum atomic E-state index is 11.8. The summed E-state index contributed by atoms with van der Waals surface area (Å²) < 4.78 is 16.1. The van der Waals surface area contributed by atoms with Gasteiger partial charge in [-0.2, -0.15) is 0 Å². The van der Waals surface area contributed by atoms with E-state index in [-0.39, 0.29) is 18.3 Å². The molecule has 0 N–H and O–H groups in total. The Bertz CT molecular complexity index is 241. The summed E-state index contributed by atoms with van der Waals surface area (Å²) in [6.45, 7) is 8.91. The van der Waals surface area contributed by atoms with E-state index in [9.17, 15) is 4.79 Å². The normalized spacial score (nSPS) is 20.6. The van der Waals surface area contributed by atoms with Crippen molar-refractivity contribution >= 4 is 5.97 Å². The van der Waals surface area contributed by atoms with Crippen LogP contribution in [0.3, 0.4) is 0 Å². The van der Waals surface area contributed by atoms with Gasteiger partial charge in [-0.15, -0.1) is 0 Å². The number of carbonyl (C=O) groups is 1. The van der Waals surface area contributed by atoms with Crippen LogP contribution in [0.4, 0.5) is 0 Å². The lowest BCUT2D eigenvalue weighted by Crippen LogP contribution is -2.43. The highest BCUT2D eigenvalue weighted by Crippen LogP contribution is 2.19. The molecule has 5 heteroatoms. The number of carbonyl (C=O) groups excluding carboxylic acids is 1. The molecule has 1 heterocycles. The first kappa shape index (κ1) is 15.4. The molecule has 1 aliphatic heterocycles. The Balaban J connectivity index is 2.49. The van der Waals surface area contributed by atoms with Crippen molar-refractivity contribution in [2.75, 3.05) is 32.9 Å². The molecule has 1 fully saturated rings. The van der Waals surface area contributed by atoms with Crippen molar-refractivity contribution < 1.29 is 19.0 Å². The number of rotatable bonds is 8. The van der Waals surface area contributed by atoms with Gasteiger partial charge in [0.05, 0.1) is 13.2 Å². The maximum absolute atomic E-state index is 11.8. The lowest BCUT2D eigenvalue weighted by Gasteiger charge is -2.27. The number of ether oxygens (including phenoxy) is 3. The largest absolute Gasteiger partial charge is 0.465 e. The van der Waals surface area contributed by atoms with E-state index in [0.29, 0.717) is 26.4 Å². The van der Waals surface area contributed by atoms with Crippen molar-refractivity contribution in [3.8, 4) is 0 Å². The topological polar surface area (TPSA) is 48.0 Å². The van der Waals surface area contributed by atoms with Gasteiger partial charge in [-0.05, 0) is 40.2 Å². The Kier molecular flexibility index (Phi) is 7.23. The average Bonchev–Trinajstić information content (AvgIpc) is 2.78. The van der Waals surface area contributed by atoms with Crippen LogP contribution >= 0.6 is 0 Å². The molecule has 1 rings (SSSR count). The van der Waals surface area contributed by atoms with E-state index in [4.69, 9.17) is 14.2 Å². The third-order valence-corrected chi connectivity index (χ3v) is 3.01. The fourth-order valence-corrected chi connectivity index (χ4v) is 2.27. The van der Waals surface area contributed by atoms with Crippen LogP contribution in [0.15, 0.2) is 0 Å². The van der Waals surface area contributed by atoms with E-state index >= 15 is 0 Å². The summed E-state index contributed by atoms with van der Waals surface area (Å²) in [7, 11) is 0. The summed E-state index contributed by atoms with van der Waals surface area (Å²) in [5.41, 5.74) is 0. The monoisotopic (exact) mass is 259 g/mol. The Morgan fingerprint density at radius 2 is 1.89 bits per heavy atom. The number of likely N-dealkylation sites (tertiary alicyclic amines) is 1. The molecule has 1 atom stereocenters. The second-order valence-electron chi connectivity index (χ2n) is 4.25. The van der Waals surface area contributed by atoms with Crippen LogP contribution in [-0.4, -0.2) is 56.1 Å². The van der Waals surface area contributed by atoms with Gasteiger partial charge in [-0.25, -0.2) is 0 Å². The Morgan fingerprint density at radius 3 is 2.44 bits per heavy atom. The second-order valence-corrected chi connectivity index (χ2v) is 4.25. The van der Waals surface area contributed by atoms with E-state index in [1.54, 1.807) is 0 Å². The van der Waals surface area contributed by atoms with Gasteiger partial charge >= 0.3 is 5.97 Å². The molecule has 0 bridgehead atoms. The molecule has 106 valence electrons. The number of nitrogens with zero attached hydrogens (tertiary/aromatic N) is 1. The van der Waals surface area contributed by atoms with Gasteiger partial charge in [-0.1, -0.05) is 0 Å². The average molecular weight is 259 g/mol. The number of hydrogen-bond donors (Lipinski definition) is 0. The Hall–Kier alpha value is -0.650. The van der Waals surface area contributed by atoms with Gasteiger partial charge in [0.15, 0.2) is 6.29 Å². The van der Waals surface area contributed by atoms with Gasteiger partial charge in [0.25, 0.3) is 0 Å². The minimum Gasteiger partial charge on any atom is -0.465 e. The van der Waals surface area contributed by atoms with E-state index in [2.05, 4.69) is 4.90 Å². The molecule has 18 heavy (non-hydrogen) atoms. The van der Waals surface area contributed by atoms with Crippen LogP contribution < -0.4 is 0 Å².